The van der Waals surface area contributed by atoms with Crippen molar-refractivity contribution in [3.63, 3.8) is 0 Å². The third-order valence-corrected chi connectivity index (χ3v) is 6.54. The van der Waals surface area contributed by atoms with Crippen LogP contribution in [0.5, 0.6) is 0 Å². The van der Waals surface area contributed by atoms with Crippen molar-refractivity contribution in [2.45, 2.75) is 37.5 Å². The molecule has 1 saturated carbocycles. The summed E-state index contributed by atoms with van der Waals surface area (Å²) in [6.07, 6.45) is 0.371. The lowest BCUT2D eigenvalue weighted by molar-refractivity contribution is -0.127. The summed E-state index contributed by atoms with van der Waals surface area (Å²) in [5.41, 5.74) is -1.14. The van der Waals surface area contributed by atoms with Gasteiger partial charge in [-0.05, 0) is 31.2 Å². The first kappa shape index (κ1) is 18.8. The smallest absolute Gasteiger partial charge is 0.251 e. The Kier molecular flexibility index (Phi) is 4.76. The number of halogens is 2. The maximum absolute atomic E-state index is 13.5. The van der Waals surface area contributed by atoms with E-state index in [9.17, 15) is 26.8 Å². The van der Waals surface area contributed by atoms with Crippen molar-refractivity contribution in [1.29, 1.82) is 0 Å². The molecule has 1 aliphatic carbocycles. The van der Waals surface area contributed by atoms with Crippen LogP contribution in [0.25, 0.3) is 0 Å². The van der Waals surface area contributed by atoms with Crippen LogP contribution in [0.3, 0.4) is 0 Å². The number of carbonyl (C=O) groups is 2. The highest BCUT2D eigenvalue weighted by atomic mass is 32.2. The fraction of sp³-hybridized carbons (Fsp3) is 0.529. The van der Waals surface area contributed by atoms with Crippen LogP contribution in [0.15, 0.2) is 24.3 Å². The van der Waals surface area contributed by atoms with Gasteiger partial charge in [0.25, 0.3) is 5.91 Å². The van der Waals surface area contributed by atoms with Gasteiger partial charge in [0.15, 0.2) is 9.84 Å². The minimum Gasteiger partial charge on any atom is -0.353 e. The molecule has 0 spiro atoms. The normalized spacial score (nSPS) is 32.5. The van der Waals surface area contributed by atoms with Crippen LogP contribution in [0.1, 0.15) is 30.1 Å². The van der Waals surface area contributed by atoms with E-state index in [0.29, 0.717) is 0 Å². The SMILES string of the molecule is CC1(F)CC(NC(=O)[C@@H]2CS(=O)(=O)C[C@H]2NC(=O)c2ccc(F)cc2)C1. The predicted octanol–water partition coefficient (Wildman–Crippen LogP) is 0.975. The van der Waals surface area contributed by atoms with Gasteiger partial charge in [0, 0.05) is 24.4 Å². The maximum atomic E-state index is 13.5. The van der Waals surface area contributed by atoms with E-state index < -0.39 is 45.1 Å². The zero-order valence-electron chi connectivity index (χ0n) is 14.2. The molecule has 2 atom stereocenters. The van der Waals surface area contributed by atoms with E-state index in [-0.39, 0.29) is 36.0 Å². The van der Waals surface area contributed by atoms with Crippen LogP contribution in [-0.4, -0.2) is 49.5 Å². The molecule has 2 aliphatic rings. The number of sulfone groups is 1. The molecule has 2 fully saturated rings. The molecule has 0 bridgehead atoms. The molecule has 0 unspecified atom stereocenters. The Hall–Kier alpha value is -2.03. The van der Waals surface area contributed by atoms with Crippen molar-refractivity contribution >= 4 is 21.7 Å². The Bertz CT molecular complexity index is 816. The van der Waals surface area contributed by atoms with Crippen molar-refractivity contribution in [3.8, 4) is 0 Å². The molecule has 142 valence electrons. The third-order valence-electron chi connectivity index (χ3n) is 4.80. The molecule has 0 radical (unpaired) electrons. The molecule has 1 aliphatic heterocycles. The standard InChI is InChI=1S/C17H20F2N2O4S/c1-17(19)6-12(7-17)20-16(23)13-8-26(24,25)9-14(13)21-15(22)10-2-4-11(18)5-3-10/h2-5,12-14H,6-9H2,1H3,(H,20,23)(H,21,22)/t12?,13-,14-,17?/m1/s1. The summed E-state index contributed by atoms with van der Waals surface area (Å²) in [6, 6.07) is 3.59. The number of hydrogen-bond acceptors (Lipinski definition) is 4. The fourth-order valence-electron chi connectivity index (χ4n) is 3.48. The first-order valence-corrected chi connectivity index (χ1v) is 10.1. The molecular formula is C17H20F2N2O4S. The van der Waals surface area contributed by atoms with E-state index in [2.05, 4.69) is 10.6 Å². The molecule has 2 amide bonds. The van der Waals surface area contributed by atoms with Gasteiger partial charge in [0.2, 0.25) is 5.91 Å². The topological polar surface area (TPSA) is 92.3 Å². The Balaban J connectivity index is 1.67. The second kappa shape index (κ2) is 6.61. The highest BCUT2D eigenvalue weighted by Crippen LogP contribution is 2.35. The largest absolute Gasteiger partial charge is 0.353 e. The lowest BCUT2D eigenvalue weighted by atomic mass is 9.78. The van der Waals surface area contributed by atoms with Crippen molar-refractivity contribution < 1.29 is 26.8 Å². The molecule has 1 aromatic rings. The van der Waals surface area contributed by atoms with Gasteiger partial charge in [-0.2, -0.15) is 0 Å². The van der Waals surface area contributed by atoms with E-state index >= 15 is 0 Å². The predicted molar refractivity (Wildman–Crippen MR) is 90.5 cm³/mol. The summed E-state index contributed by atoms with van der Waals surface area (Å²) < 4.78 is 50.4. The summed E-state index contributed by atoms with van der Waals surface area (Å²) in [6.45, 7) is 1.45. The molecule has 0 aromatic heterocycles. The molecule has 1 aromatic carbocycles. The number of amides is 2. The minimum atomic E-state index is -3.48. The quantitative estimate of drug-likeness (QED) is 0.807. The van der Waals surface area contributed by atoms with E-state index in [1.54, 1.807) is 0 Å². The van der Waals surface area contributed by atoms with Crippen LogP contribution in [0, 0.1) is 11.7 Å². The van der Waals surface area contributed by atoms with Gasteiger partial charge in [0.05, 0.1) is 23.5 Å². The number of hydrogen-bond donors (Lipinski definition) is 2. The second-order valence-electron chi connectivity index (χ2n) is 7.30. The van der Waals surface area contributed by atoms with Crippen LogP contribution in [0.4, 0.5) is 8.78 Å². The van der Waals surface area contributed by atoms with Crippen LogP contribution >= 0.6 is 0 Å². The van der Waals surface area contributed by atoms with Gasteiger partial charge in [0.1, 0.15) is 11.5 Å². The number of rotatable bonds is 4. The highest BCUT2D eigenvalue weighted by Gasteiger charge is 2.46. The summed E-state index contributed by atoms with van der Waals surface area (Å²) >= 11 is 0. The van der Waals surface area contributed by atoms with Gasteiger partial charge in [-0.15, -0.1) is 0 Å². The number of nitrogens with one attached hydrogen (secondary N) is 2. The van der Waals surface area contributed by atoms with Gasteiger partial charge < -0.3 is 10.6 Å². The van der Waals surface area contributed by atoms with Gasteiger partial charge in [-0.25, -0.2) is 17.2 Å². The summed E-state index contributed by atoms with van der Waals surface area (Å²) in [4.78, 5) is 24.7. The van der Waals surface area contributed by atoms with E-state index in [1.807, 2.05) is 0 Å². The average molecular weight is 386 g/mol. The van der Waals surface area contributed by atoms with Crippen molar-refractivity contribution in [3.05, 3.63) is 35.6 Å². The number of carbonyl (C=O) groups excluding carboxylic acids is 2. The molecule has 9 heteroatoms. The second-order valence-corrected chi connectivity index (χ2v) is 9.45. The molecular weight excluding hydrogens is 366 g/mol. The van der Waals surface area contributed by atoms with E-state index in [0.717, 1.165) is 12.1 Å². The molecule has 1 heterocycles. The summed E-state index contributed by atoms with van der Waals surface area (Å²) in [5.74, 6) is -3.23. The van der Waals surface area contributed by atoms with Crippen LogP contribution in [0.2, 0.25) is 0 Å². The van der Waals surface area contributed by atoms with Gasteiger partial charge in [-0.3, -0.25) is 9.59 Å². The summed E-state index contributed by atoms with van der Waals surface area (Å²) in [7, 11) is -3.48. The molecule has 3 rings (SSSR count). The zero-order valence-corrected chi connectivity index (χ0v) is 15.0. The van der Waals surface area contributed by atoms with E-state index in [4.69, 9.17) is 0 Å². The van der Waals surface area contributed by atoms with Crippen LogP contribution in [-0.2, 0) is 14.6 Å². The Labute approximate surface area is 150 Å². The van der Waals surface area contributed by atoms with Crippen molar-refractivity contribution in [1.82, 2.24) is 10.6 Å². The Morgan fingerprint density at radius 1 is 1.12 bits per heavy atom. The lowest BCUT2D eigenvalue weighted by Crippen LogP contribution is -2.55. The van der Waals surface area contributed by atoms with Crippen LogP contribution < -0.4 is 10.6 Å². The molecule has 26 heavy (non-hydrogen) atoms. The lowest BCUT2D eigenvalue weighted by Gasteiger charge is -2.39. The molecule has 2 N–H and O–H groups in total. The van der Waals surface area contributed by atoms with Gasteiger partial charge in [-0.1, -0.05) is 0 Å². The number of benzene rings is 1. The average Bonchev–Trinajstić information content (AvgIpc) is 2.80. The van der Waals surface area contributed by atoms with Crippen molar-refractivity contribution in [2.75, 3.05) is 11.5 Å². The van der Waals surface area contributed by atoms with Crippen molar-refractivity contribution in [2.24, 2.45) is 5.92 Å². The minimum absolute atomic E-state index is 0.169. The Morgan fingerprint density at radius 3 is 2.31 bits per heavy atom. The zero-order chi connectivity index (χ0) is 19.1. The van der Waals surface area contributed by atoms with Gasteiger partial charge >= 0.3 is 0 Å². The first-order valence-electron chi connectivity index (χ1n) is 8.31. The third kappa shape index (κ3) is 4.20. The molecule has 6 nitrogen and oxygen atoms in total. The summed E-state index contributed by atoms with van der Waals surface area (Å²) in [5, 5.41) is 5.21. The first-order chi connectivity index (χ1) is 12.0. The fourth-order valence-corrected chi connectivity index (χ4v) is 5.41. The van der Waals surface area contributed by atoms with E-state index in [1.165, 1.54) is 19.1 Å². The molecule has 1 saturated heterocycles. The highest BCUT2D eigenvalue weighted by molar-refractivity contribution is 7.91. The monoisotopic (exact) mass is 386 g/mol. The maximum Gasteiger partial charge on any atom is 0.251 e. The number of alkyl halides is 1. The Morgan fingerprint density at radius 2 is 1.73 bits per heavy atom.